The van der Waals surface area contributed by atoms with Gasteiger partial charge in [-0.2, -0.15) is 0 Å². The Kier molecular flexibility index (Phi) is 7.43. The Labute approximate surface area is 206 Å². The van der Waals surface area contributed by atoms with E-state index in [4.69, 9.17) is 11.6 Å². The molecule has 0 saturated carbocycles. The highest BCUT2D eigenvalue weighted by Gasteiger charge is 2.26. The Bertz CT molecular complexity index is 1300. The predicted molar refractivity (Wildman–Crippen MR) is 137 cm³/mol. The van der Waals surface area contributed by atoms with Crippen molar-refractivity contribution in [3.63, 3.8) is 0 Å². The lowest BCUT2D eigenvalue weighted by Crippen LogP contribution is -2.48. The molecule has 180 valence electrons. The second kappa shape index (κ2) is 10.3. The van der Waals surface area contributed by atoms with Gasteiger partial charge in [0, 0.05) is 48.2 Å². The maximum absolute atomic E-state index is 13.1. The number of benzene rings is 2. The minimum atomic E-state index is -3.55. The summed E-state index contributed by atoms with van der Waals surface area (Å²) in [6, 6.07) is 14.5. The van der Waals surface area contributed by atoms with Crippen molar-refractivity contribution in [1.29, 1.82) is 0 Å². The van der Waals surface area contributed by atoms with Crippen molar-refractivity contribution in [1.82, 2.24) is 10.3 Å². The molecule has 4 rings (SSSR count). The number of nitrogens with zero attached hydrogens (tertiary/aromatic N) is 2. The fourth-order valence-corrected chi connectivity index (χ4v) is 6.07. The van der Waals surface area contributed by atoms with Crippen LogP contribution in [0.1, 0.15) is 38.3 Å². The summed E-state index contributed by atoms with van der Waals surface area (Å²) < 4.78 is 26.2. The van der Waals surface area contributed by atoms with Crippen molar-refractivity contribution in [2.45, 2.75) is 55.7 Å². The van der Waals surface area contributed by atoms with Crippen LogP contribution in [0.15, 0.2) is 59.6 Å². The second-order valence-corrected chi connectivity index (χ2v) is 11.9. The van der Waals surface area contributed by atoms with Crippen LogP contribution in [0.25, 0.3) is 10.8 Å². The van der Waals surface area contributed by atoms with Crippen LogP contribution in [-0.4, -0.2) is 43.7 Å². The summed E-state index contributed by atoms with van der Waals surface area (Å²) in [5.41, 5.74) is 2.08. The van der Waals surface area contributed by atoms with Crippen molar-refractivity contribution in [3.8, 4) is 0 Å². The molecule has 3 aromatic rings. The van der Waals surface area contributed by atoms with Crippen LogP contribution in [0.3, 0.4) is 0 Å². The molecule has 2 aromatic carbocycles. The first kappa shape index (κ1) is 24.5. The molecule has 1 aromatic heterocycles. The van der Waals surface area contributed by atoms with E-state index < -0.39 is 15.1 Å². The van der Waals surface area contributed by atoms with Crippen LogP contribution in [0.2, 0.25) is 5.02 Å². The lowest BCUT2D eigenvalue weighted by molar-refractivity contribution is -0.121. The molecule has 34 heavy (non-hydrogen) atoms. The third-order valence-corrected chi connectivity index (χ3v) is 8.88. The van der Waals surface area contributed by atoms with Crippen LogP contribution >= 0.6 is 11.6 Å². The Morgan fingerprint density at radius 1 is 1.18 bits per heavy atom. The van der Waals surface area contributed by atoms with Gasteiger partial charge in [0.15, 0.2) is 9.84 Å². The van der Waals surface area contributed by atoms with Gasteiger partial charge in [-0.1, -0.05) is 23.7 Å². The fraction of sp³-hybridized carbons (Fsp3) is 0.385. The van der Waals surface area contributed by atoms with Crippen LogP contribution < -0.4 is 10.2 Å². The smallest absolute Gasteiger partial charge is 0.220 e. The molecule has 8 heteroatoms. The highest BCUT2D eigenvalue weighted by atomic mass is 35.5. The standard InChI is InChI=1S/C26H30ClN3O3S/c1-18-14-24(11-12-28-18)30-13-3-4-23(17-30)29-26(31)10-5-19(2)34(32,33)25-9-7-20-15-22(27)8-6-21(20)16-25/h6-9,11-12,14-16,19,23H,3-5,10,13,17H2,1-2H3,(H,29,31). The number of hydrogen-bond acceptors (Lipinski definition) is 5. The number of pyridine rings is 1. The van der Waals surface area contributed by atoms with E-state index >= 15 is 0 Å². The first-order valence-corrected chi connectivity index (χ1v) is 13.5. The van der Waals surface area contributed by atoms with E-state index in [1.54, 1.807) is 37.4 Å². The van der Waals surface area contributed by atoms with E-state index in [1.807, 2.05) is 25.1 Å². The third-order valence-electron chi connectivity index (χ3n) is 6.44. The lowest BCUT2D eigenvalue weighted by atomic mass is 10.0. The number of carbonyl (C=O) groups excluding carboxylic acids is 1. The number of halogens is 1. The molecule has 0 radical (unpaired) electrons. The topological polar surface area (TPSA) is 79.4 Å². The van der Waals surface area contributed by atoms with E-state index in [-0.39, 0.29) is 29.7 Å². The van der Waals surface area contributed by atoms with Crippen molar-refractivity contribution >= 4 is 43.8 Å². The monoisotopic (exact) mass is 499 g/mol. The Morgan fingerprint density at radius 3 is 2.74 bits per heavy atom. The number of anilines is 1. The number of aromatic nitrogens is 1. The first-order valence-electron chi connectivity index (χ1n) is 11.6. The van der Waals surface area contributed by atoms with Crippen molar-refractivity contribution in [2.24, 2.45) is 0 Å². The minimum Gasteiger partial charge on any atom is -0.369 e. The molecule has 1 saturated heterocycles. The van der Waals surface area contributed by atoms with Gasteiger partial charge in [-0.05, 0) is 80.3 Å². The molecule has 1 aliphatic rings. The number of amides is 1. The van der Waals surface area contributed by atoms with Gasteiger partial charge in [-0.15, -0.1) is 0 Å². The molecule has 1 N–H and O–H groups in total. The molecule has 0 spiro atoms. The zero-order chi connectivity index (χ0) is 24.3. The van der Waals surface area contributed by atoms with Gasteiger partial charge in [-0.25, -0.2) is 8.42 Å². The van der Waals surface area contributed by atoms with Gasteiger partial charge in [0.25, 0.3) is 0 Å². The fourth-order valence-electron chi connectivity index (χ4n) is 4.45. The summed E-state index contributed by atoms with van der Waals surface area (Å²) in [7, 11) is -3.55. The van der Waals surface area contributed by atoms with Gasteiger partial charge < -0.3 is 10.2 Å². The van der Waals surface area contributed by atoms with Gasteiger partial charge in [0.05, 0.1) is 10.1 Å². The van der Waals surface area contributed by atoms with E-state index in [9.17, 15) is 13.2 Å². The van der Waals surface area contributed by atoms with Crippen molar-refractivity contribution < 1.29 is 13.2 Å². The number of carbonyl (C=O) groups is 1. The quantitative estimate of drug-likeness (QED) is 0.499. The van der Waals surface area contributed by atoms with Crippen LogP contribution in [-0.2, 0) is 14.6 Å². The molecule has 6 nitrogen and oxygen atoms in total. The highest BCUT2D eigenvalue weighted by molar-refractivity contribution is 7.92. The number of sulfone groups is 1. The van der Waals surface area contributed by atoms with Gasteiger partial charge in [0.1, 0.15) is 0 Å². The zero-order valence-corrected chi connectivity index (χ0v) is 21.1. The SMILES string of the molecule is Cc1cc(N2CCCC(NC(=O)CCC(C)S(=O)(=O)c3ccc4cc(Cl)ccc4c3)C2)ccn1. The molecule has 1 amide bonds. The molecule has 2 atom stereocenters. The number of fused-ring (bicyclic) bond motifs is 1. The summed E-state index contributed by atoms with van der Waals surface area (Å²) in [4.78, 5) is 19.4. The normalized spacial score (nSPS) is 17.5. The number of piperidine rings is 1. The van der Waals surface area contributed by atoms with Crippen molar-refractivity contribution in [3.05, 3.63) is 65.4 Å². The second-order valence-electron chi connectivity index (χ2n) is 9.06. The average Bonchev–Trinajstić information content (AvgIpc) is 2.82. The molecule has 0 aliphatic carbocycles. The Morgan fingerprint density at radius 2 is 1.94 bits per heavy atom. The first-order chi connectivity index (χ1) is 16.2. The Hall–Kier alpha value is -2.64. The van der Waals surface area contributed by atoms with E-state index in [0.717, 1.165) is 48.1 Å². The van der Waals surface area contributed by atoms with E-state index in [2.05, 4.69) is 21.3 Å². The molecule has 2 heterocycles. The minimum absolute atomic E-state index is 0.0500. The summed E-state index contributed by atoms with van der Waals surface area (Å²) in [5.74, 6) is -0.104. The summed E-state index contributed by atoms with van der Waals surface area (Å²) in [6.45, 7) is 5.32. The highest BCUT2D eigenvalue weighted by Crippen LogP contribution is 2.26. The molecular weight excluding hydrogens is 470 g/mol. The molecular formula is C26H30ClN3O3S. The van der Waals surface area contributed by atoms with Crippen LogP contribution in [0.4, 0.5) is 5.69 Å². The van der Waals surface area contributed by atoms with Crippen LogP contribution in [0, 0.1) is 6.92 Å². The number of hydrogen-bond donors (Lipinski definition) is 1. The van der Waals surface area contributed by atoms with Gasteiger partial charge in [-0.3, -0.25) is 9.78 Å². The lowest BCUT2D eigenvalue weighted by Gasteiger charge is -2.35. The van der Waals surface area contributed by atoms with Crippen molar-refractivity contribution in [2.75, 3.05) is 18.0 Å². The largest absolute Gasteiger partial charge is 0.369 e. The molecule has 1 aliphatic heterocycles. The van der Waals surface area contributed by atoms with Gasteiger partial charge in [0.2, 0.25) is 5.91 Å². The van der Waals surface area contributed by atoms with E-state index in [0.29, 0.717) is 5.02 Å². The summed E-state index contributed by atoms with van der Waals surface area (Å²) in [5, 5.41) is 4.77. The summed E-state index contributed by atoms with van der Waals surface area (Å²) >= 11 is 6.02. The van der Waals surface area contributed by atoms with E-state index in [1.165, 1.54) is 0 Å². The van der Waals surface area contributed by atoms with Crippen LogP contribution in [0.5, 0.6) is 0 Å². The zero-order valence-electron chi connectivity index (χ0n) is 19.5. The van der Waals surface area contributed by atoms with Gasteiger partial charge >= 0.3 is 0 Å². The number of aryl methyl sites for hydroxylation is 1. The molecule has 2 unspecified atom stereocenters. The number of nitrogens with one attached hydrogen (secondary N) is 1. The maximum atomic E-state index is 13.1. The molecule has 0 bridgehead atoms. The third kappa shape index (κ3) is 5.70. The average molecular weight is 500 g/mol. The molecule has 1 fully saturated rings. The summed E-state index contributed by atoms with van der Waals surface area (Å²) in [6.07, 6.45) is 4.16. The Balaban J connectivity index is 1.33. The predicted octanol–water partition coefficient (Wildman–Crippen LogP) is 4.92. The number of rotatable bonds is 7. The maximum Gasteiger partial charge on any atom is 0.220 e.